The highest BCUT2D eigenvalue weighted by molar-refractivity contribution is 7.85. The Kier molecular flexibility index (Phi) is 1.56. The molecule has 2 rings (SSSR count). The van der Waals surface area contributed by atoms with E-state index in [2.05, 4.69) is 10.2 Å². The maximum absolute atomic E-state index is 11.4. The maximum atomic E-state index is 11.4. The van der Waals surface area contributed by atoms with Gasteiger partial charge in [-0.15, -0.1) is 0 Å². The molecule has 0 amide bonds. The van der Waals surface area contributed by atoms with Gasteiger partial charge in [0, 0.05) is 11.4 Å². The highest BCUT2D eigenvalue weighted by Crippen LogP contribution is 2.22. The number of aromatic nitrogens is 2. The molecule has 1 aliphatic rings. The predicted molar refractivity (Wildman–Crippen MR) is 42.9 cm³/mol. The van der Waals surface area contributed by atoms with Crippen LogP contribution >= 0.6 is 0 Å². The number of nitrogens with zero attached hydrogens (tertiary/aromatic N) is 1. The Labute approximate surface area is 67.7 Å². The van der Waals surface area contributed by atoms with Gasteiger partial charge in [-0.05, 0) is 19.8 Å². The Hall–Kier alpha value is -0.640. The fourth-order valence-electron chi connectivity index (χ4n) is 1.41. The zero-order valence-electron chi connectivity index (χ0n) is 6.39. The number of hydrogen-bond acceptors (Lipinski definition) is 2. The number of fused-ring (bicyclic) bond motifs is 1. The molecule has 0 radical (unpaired) electrons. The molecule has 11 heavy (non-hydrogen) atoms. The van der Waals surface area contributed by atoms with Gasteiger partial charge in [0.25, 0.3) is 0 Å². The van der Waals surface area contributed by atoms with Crippen molar-refractivity contribution in [3.05, 3.63) is 11.4 Å². The summed E-state index contributed by atoms with van der Waals surface area (Å²) in [6, 6.07) is 0. The van der Waals surface area contributed by atoms with Crippen LogP contribution in [0.2, 0.25) is 0 Å². The average Bonchev–Trinajstić information content (AvgIpc) is 2.34. The first-order chi connectivity index (χ1) is 5.29. The Morgan fingerprint density at radius 2 is 2.45 bits per heavy atom. The molecular weight excluding hydrogens is 160 g/mol. The molecule has 1 aromatic heterocycles. The highest BCUT2D eigenvalue weighted by Gasteiger charge is 2.20. The summed E-state index contributed by atoms with van der Waals surface area (Å²) in [4.78, 5) is 0.955. The first-order valence-electron chi connectivity index (χ1n) is 3.71. The van der Waals surface area contributed by atoms with Gasteiger partial charge in [0.05, 0.1) is 21.4 Å². The van der Waals surface area contributed by atoms with Gasteiger partial charge in [0.15, 0.2) is 0 Å². The van der Waals surface area contributed by atoms with Gasteiger partial charge in [-0.3, -0.25) is 9.31 Å². The third-order valence-corrected chi connectivity index (χ3v) is 3.59. The lowest BCUT2D eigenvalue weighted by Gasteiger charge is -2.08. The van der Waals surface area contributed by atoms with E-state index in [0.717, 1.165) is 34.9 Å². The number of H-pyrrole nitrogens is 1. The van der Waals surface area contributed by atoms with Crippen molar-refractivity contribution in [2.24, 2.45) is 0 Å². The van der Waals surface area contributed by atoms with Crippen LogP contribution in [0.1, 0.15) is 17.8 Å². The lowest BCUT2D eigenvalue weighted by Crippen LogP contribution is -2.09. The van der Waals surface area contributed by atoms with Gasteiger partial charge in [-0.1, -0.05) is 0 Å². The van der Waals surface area contributed by atoms with Gasteiger partial charge in [-0.25, -0.2) is 0 Å². The minimum Gasteiger partial charge on any atom is -0.281 e. The molecule has 0 spiro atoms. The molecule has 0 bridgehead atoms. The molecule has 1 N–H and O–H groups in total. The lowest BCUT2D eigenvalue weighted by molar-refractivity contribution is 0.672. The number of rotatable bonds is 0. The molecule has 0 aliphatic carbocycles. The van der Waals surface area contributed by atoms with E-state index < -0.39 is 10.8 Å². The Balaban J connectivity index is 2.56. The van der Waals surface area contributed by atoms with E-state index in [1.165, 1.54) is 0 Å². The quantitative estimate of drug-likeness (QED) is 0.625. The van der Waals surface area contributed by atoms with Gasteiger partial charge in [0.2, 0.25) is 0 Å². The van der Waals surface area contributed by atoms with Crippen molar-refractivity contribution >= 4 is 10.8 Å². The fourth-order valence-corrected chi connectivity index (χ4v) is 2.82. The number of nitrogens with one attached hydrogen (secondary N) is 1. The van der Waals surface area contributed by atoms with Crippen molar-refractivity contribution in [2.75, 3.05) is 5.75 Å². The second-order valence-electron chi connectivity index (χ2n) is 2.78. The van der Waals surface area contributed by atoms with Crippen LogP contribution in [0.15, 0.2) is 4.90 Å². The molecule has 0 aromatic carbocycles. The molecule has 1 unspecified atom stereocenters. The molecule has 0 saturated carbocycles. The van der Waals surface area contributed by atoms with Crippen LogP contribution in [0.5, 0.6) is 0 Å². The SMILES string of the molecule is Cc1[nH]nc2c1S(=O)CCC2. The third-order valence-electron chi connectivity index (χ3n) is 1.93. The molecule has 0 fully saturated rings. The standard InChI is InChI=1S/C7H10N2OS/c1-5-7-6(9-8-5)3-2-4-11(7)10/h2-4H2,1H3,(H,8,9). The van der Waals surface area contributed by atoms with Gasteiger partial charge in [-0.2, -0.15) is 5.10 Å². The summed E-state index contributed by atoms with van der Waals surface area (Å²) in [5.41, 5.74) is 1.98. The summed E-state index contributed by atoms with van der Waals surface area (Å²) in [5, 5.41) is 6.96. The van der Waals surface area contributed by atoms with Crippen LogP contribution in [-0.4, -0.2) is 20.2 Å². The summed E-state index contributed by atoms with van der Waals surface area (Å²) in [5.74, 6) is 0.799. The van der Waals surface area contributed by atoms with Gasteiger partial charge < -0.3 is 0 Å². The Morgan fingerprint density at radius 3 is 3.18 bits per heavy atom. The summed E-state index contributed by atoms with van der Waals surface area (Å²) in [6.45, 7) is 1.93. The minimum absolute atomic E-state index is 0.789. The largest absolute Gasteiger partial charge is 0.281 e. The summed E-state index contributed by atoms with van der Waals surface area (Å²) >= 11 is 0. The van der Waals surface area contributed by atoms with Crippen molar-refractivity contribution in [1.29, 1.82) is 0 Å². The predicted octanol–water partition coefficient (Wildman–Crippen LogP) is 0.772. The molecule has 4 heteroatoms. The highest BCUT2D eigenvalue weighted by atomic mass is 32.2. The lowest BCUT2D eigenvalue weighted by atomic mass is 10.2. The van der Waals surface area contributed by atoms with E-state index in [-0.39, 0.29) is 0 Å². The van der Waals surface area contributed by atoms with Crippen LogP contribution in [0.3, 0.4) is 0 Å². The van der Waals surface area contributed by atoms with E-state index in [1.807, 2.05) is 6.92 Å². The van der Waals surface area contributed by atoms with Crippen LogP contribution in [-0.2, 0) is 17.2 Å². The molecule has 60 valence electrons. The van der Waals surface area contributed by atoms with Crippen molar-refractivity contribution < 1.29 is 4.21 Å². The van der Waals surface area contributed by atoms with Crippen molar-refractivity contribution in [3.8, 4) is 0 Å². The van der Waals surface area contributed by atoms with Crippen LogP contribution in [0.4, 0.5) is 0 Å². The van der Waals surface area contributed by atoms with E-state index in [4.69, 9.17) is 0 Å². The third kappa shape index (κ3) is 1.01. The number of hydrogen-bond donors (Lipinski definition) is 1. The second-order valence-corrected chi connectivity index (χ2v) is 4.29. The molecular formula is C7H10N2OS. The Morgan fingerprint density at radius 1 is 1.64 bits per heavy atom. The zero-order chi connectivity index (χ0) is 7.84. The molecule has 2 heterocycles. The molecule has 3 nitrogen and oxygen atoms in total. The zero-order valence-corrected chi connectivity index (χ0v) is 7.20. The summed E-state index contributed by atoms with van der Waals surface area (Å²) < 4.78 is 11.4. The molecule has 1 aromatic rings. The van der Waals surface area contributed by atoms with E-state index in [1.54, 1.807) is 0 Å². The van der Waals surface area contributed by atoms with E-state index in [0.29, 0.717) is 0 Å². The van der Waals surface area contributed by atoms with Crippen molar-refractivity contribution in [1.82, 2.24) is 10.2 Å². The second kappa shape index (κ2) is 2.44. The molecule has 0 saturated heterocycles. The van der Waals surface area contributed by atoms with Crippen molar-refractivity contribution in [2.45, 2.75) is 24.7 Å². The van der Waals surface area contributed by atoms with Gasteiger partial charge >= 0.3 is 0 Å². The normalized spacial score (nSPS) is 23.2. The van der Waals surface area contributed by atoms with Crippen molar-refractivity contribution in [3.63, 3.8) is 0 Å². The first-order valence-corrected chi connectivity index (χ1v) is 5.03. The van der Waals surface area contributed by atoms with Crippen LogP contribution in [0, 0.1) is 6.92 Å². The smallest absolute Gasteiger partial charge is 0.0826 e. The Bertz CT molecular complexity index is 305. The average molecular weight is 170 g/mol. The van der Waals surface area contributed by atoms with Crippen LogP contribution < -0.4 is 0 Å². The fraction of sp³-hybridized carbons (Fsp3) is 0.571. The van der Waals surface area contributed by atoms with E-state index in [9.17, 15) is 4.21 Å². The number of aryl methyl sites for hydroxylation is 2. The first kappa shape index (κ1) is 7.03. The topological polar surface area (TPSA) is 45.8 Å². The summed E-state index contributed by atoms with van der Waals surface area (Å²) in [7, 11) is -0.789. The summed E-state index contributed by atoms with van der Waals surface area (Å²) in [6.07, 6.45) is 1.98. The minimum atomic E-state index is -0.789. The van der Waals surface area contributed by atoms with E-state index >= 15 is 0 Å². The monoisotopic (exact) mass is 170 g/mol. The van der Waals surface area contributed by atoms with Crippen LogP contribution in [0.25, 0.3) is 0 Å². The maximum Gasteiger partial charge on any atom is 0.0826 e. The molecule has 1 aliphatic heterocycles. The molecule has 1 atom stereocenters. The van der Waals surface area contributed by atoms with Gasteiger partial charge in [0.1, 0.15) is 0 Å². The number of aromatic amines is 1.